The van der Waals surface area contributed by atoms with Gasteiger partial charge in [-0.2, -0.15) is 0 Å². The molecule has 2 rings (SSSR count). The standard InChI is InChI=1S/C16H21N3O2/c1-12-6-7-15(21-10-9-19(2)3)14(11-12)18-16(20)13-5-4-8-17-13/h4-8,11,17H,9-10H2,1-3H3,(H,18,20). The van der Waals surface area contributed by atoms with E-state index >= 15 is 0 Å². The van der Waals surface area contributed by atoms with Crippen molar-refractivity contribution in [3.05, 3.63) is 47.8 Å². The summed E-state index contributed by atoms with van der Waals surface area (Å²) in [5.41, 5.74) is 2.28. The Balaban J connectivity index is 2.09. The monoisotopic (exact) mass is 287 g/mol. The smallest absolute Gasteiger partial charge is 0.272 e. The van der Waals surface area contributed by atoms with E-state index in [4.69, 9.17) is 4.74 Å². The highest BCUT2D eigenvalue weighted by Gasteiger charge is 2.11. The van der Waals surface area contributed by atoms with E-state index in [0.717, 1.165) is 12.1 Å². The van der Waals surface area contributed by atoms with E-state index in [0.29, 0.717) is 23.7 Å². The Kier molecular flexibility index (Phi) is 5.00. The van der Waals surface area contributed by atoms with Gasteiger partial charge in [-0.15, -0.1) is 0 Å². The lowest BCUT2D eigenvalue weighted by molar-refractivity contribution is 0.102. The Hall–Kier alpha value is -2.27. The summed E-state index contributed by atoms with van der Waals surface area (Å²) in [4.78, 5) is 17.1. The minimum absolute atomic E-state index is 0.178. The summed E-state index contributed by atoms with van der Waals surface area (Å²) in [5, 5.41) is 2.88. The Morgan fingerprint density at radius 1 is 1.33 bits per heavy atom. The van der Waals surface area contributed by atoms with Gasteiger partial charge in [0.15, 0.2) is 0 Å². The van der Waals surface area contributed by atoms with Gasteiger partial charge < -0.3 is 19.9 Å². The minimum Gasteiger partial charge on any atom is -0.490 e. The molecule has 0 fully saturated rings. The molecule has 0 radical (unpaired) electrons. The fourth-order valence-electron chi connectivity index (χ4n) is 1.87. The molecule has 5 nitrogen and oxygen atoms in total. The molecule has 1 heterocycles. The Morgan fingerprint density at radius 3 is 2.81 bits per heavy atom. The second-order valence-electron chi connectivity index (χ2n) is 5.19. The highest BCUT2D eigenvalue weighted by Crippen LogP contribution is 2.26. The lowest BCUT2D eigenvalue weighted by atomic mass is 10.2. The molecule has 0 aliphatic heterocycles. The molecule has 0 aliphatic carbocycles. The van der Waals surface area contributed by atoms with Crippen LogP contribution in [0.3, 0.4) is 0 Å². The molecule has 0 saturated heterocycles. The number of amides is 1. The summed E-state index contributed by atoms with van der Waals surface area (Å²) in [6, 6.07) is 9.29. The maximum Gasteiger partial charge on any atom is 0.272 e. The van der Waals surface area contributed by atoms with Crippen molar-refractivity contribution in [2.75, 3.05) is 32.6 Å². The molecule has 0 atom stereocenters. The number of benzene rings is 1. The van der Waals surface area contributed by atoms with Crippen LogP contribution in [0.25, 0.3) is 0 Å². The van der Waals surface area contributed by atoms with E-state index in [1.165, 1.54) is 0 Å². The van der Waals surface area contributed by atoms with Crippen LogP contribution in [-0.2, 0) is 0 Å². The van der Waals surface area contributed by atoms with Crippen LogP contribution in [0.1, 0.15) is 16.1 Å². The molecule has 2 N–H and O–H groups in total. The summed E-state index contributed by atoms with van der Waals surface area (Å²) in [6.07, 6.45) is 1.72. The molecule has 1 aromatic heterocycles. The first kappa shape index (κ1) is 15.1. The van der Waals surface area contributed by atoms with E-state index < -0.39 is 0 Å². The number of H-pyrrole nitrogens is 1. The number of anilines is 1. The van der Waals surface area contributed by atoms with Crippen LogP contribution in [0.5, 0.6) is 5.75 Å². The lowest BCUT2D eigenvalue weighted by Gasteiger charge is -2.15. The largest absolute Gasteiger partial charge is 0.490 e. The van der Waals surface area contributed by atoms with Crippen LogP contribution in [-0.4, -0.2) is 43.0 Å². The zero-order chi connectivity index (χ0) is 15.2. The zero-order valence-corrected chi connectivity index (χ0v) is 12.6. The highest BCUT2D eigenvalue weighted by molar-refractivity contribution is 6.03. The van der Waals surface area contributed by atoms with Crippen molar-refractivity contribution in [1.29, 1.82) is 0 Å². The van der Waals surface area contributed by atoms with E-state index in [-0.39, 0.29) is 5.91 Å². The topological polar surface area (TPSA) is 57.4 Å². The first-order valence-electron chi connectivity index (χ1n) is 6.89. The molecule has 1 aromatic carbocycles. The third kappa shape index (κ3) is 4.36. The van der Waals surface area contributed by atoms with Gasteiger partial charge in [0, 0.05) is 12.7 Å². The van der Waals surface area contributed by atoms with Gasteiger partial charge in [0.1, 0.15) is 18.1 Å². The number of carbonyl (C=O) groups excluding carboxylic acids is 1. The molecule has 0 aliphatic rings. The van der Waals surface area contributed by atoms with E-state index in [1.807, 2.05) is 44.1 Å². The molecule has 1 amide bonds. The molecule has 21 heavy (non-hydrogen) atoms. The number of ether oxygens (including phenoxy) is 1. The van der Waals surface area contributed by atoms with Gasteiger partial charge in [0.05, 0.1) is 5.69 Å². The van der Waals surface area contributed by atoms with Crippen LogP contribution in [0.15, 0.2) is 36.5 Å². The summed E-state index contributed by atoms with van der Waals surface area (Å²) >= 11 is 0. The van der Waals surface area contributed by atoms with Gasteiger partial charge in [-0.3, -0.25) is 4.79 Å². The summed E-state index contributed by atoms with van der Waals surface area (Å²) in [5.74, 6) is 0.505. The van der Waals surface area contributed by atoms with Crippen LogP contribution in [0, 0.1) is 6.92 Å². The maximum atomic E-state index is 12.1. The lowest BCUT2D eigenvalue weighted by Crippen LogP contribution is -2.20. The normalized spacial score (nSPS) is 10.7. The predicted molar refractivity (Wildman–Crippen MR) is 84.0 cm³/mol. The molecule has 5 heteroatoms. The summed E-state index contributed by atoms with van der Waals surface area (Å²) in [6.45, 7) is 3.37. The van der Waals surface area contributed by atoms with Crippen molar-refractivity contribution in [2.45, 2.75) is 6.92 Å². The SMILES string of the molecule is Cc1ccc(OCCN(C)C)c(NC(=O)c2ccc[nH]2)c1. The number of rotatable bonds is 6. The van der Waals surface area contributed by atoms with Crippen molar-refractivity contribution in [2.24, 2.45) is 0 Å². The Labute approximate surface area is 124 Å². The zero-order valence-electron chi connectivity index (χ0n) is 12.6. The van der Waals surface area contributed by atoms with E-state index in [1.54, 1.807) is 18.3 Å². The number of carbonyl (C=O) groups is 1. The molecule has 0 bridgehead atoms. The van der Waals surface area contributed by atoms with Crippen molar-refractivity contribution < 1.29 is 9.53 Å². The molecular weight excluding hydrogens is 266 g/mol. The van der Waals surface area contributed by atoms with Crippen molar-refractivity contribution >= 4 is 11.6 Å². The second-order valence-corrected chi connectivity index (χ2v) is 5.19. The number of hydrogen-bond donors (Lipinski definition) is 2. The molecule has 0 spiro atoms. The number of likely N-dealkylation sites (N-methyl/N-ethyl adjacent to an activating group) is 1. The maximum absolute atomic E-state index is 12.1. The van der Waals surface area contributed by atoms with Gasteiger partial charge >= 0.3 is 0 Å². The first-order chi connectivity index (χ1) is 10.1. The highest BCUT2D eigenvalue weighted by atomic mass is 16.5. The van der Waals surface area contributed by atoms with Gasteiger partial charge in [-0.1, -0.05) is 6.07 Å². The fourth-order valence-corrected chi connectivity index (χ4v) is 1.87. The quantitative estimate of drug-likeness (QED) is 0.858. The number of hydrogen-bond acceptors (Lipinski definition) is 3. The number of nitrogens with zero attached hydrogens (tertiary/aromatic N) is 1. The van der Waals surface area contributed by atoms with Gasteiger partial charge in [-0.25, -0.2) is 0 Å². The third-order valence-electron chi connectivity index (χ3n) is 3.02. The average molecular weight is 287 g/mol. The fraction of sp³-hybridized carbons (Fsp3) is 0.312. The predicted octanol–water partition coefficient (Wildman–Crippen LogP) is 2.52. The number of aromatic nitrogens is 1. The number of aromatic amines is 1. The van der Waals surface area contributed by atoms with Crippen molar-refractivity contribution in [3.8, 4) is 5.75 Å². The second kappa shape index (κ2) is 6.95. The van der Waals surface area contributed by atoms with Gasteiger partial charge in [0.2, 0.25) is 0 Å². The summed E-state index contributed by atoms with van der Waals surface area (Å²) < 4.78 is 5.75. The third-order valence-corrected chi connectivity index (χ3v) is 3.02. The summed E-state index contributed by atoms with van der Waals surface area (Å²) in [7, 11) is 3.98. The molecular formula is C16H21N3O2. The van der Waals surface area contributed by atoms with Crippen LogP contribution < -0.4 is 10.1 Å². The van der Waals surface area contributed by atoms with Crippen LogP contribution in [0.4, 0.5) is 5.69 Å². The van der Waals surface area contributed by atoms with Crippen LogP contribution in [0.2, 0.25) is 0 Å². The first-order valence-corrected chi connectivity index (χ1v) is 6.89. The van der Waals surface area contributed by atoms with Crippen molar-refractivity contribution in [3.63, 3.8) is 0 Å². The molecule has 2 aromatic rings. The molecule has 0 saturated carbocycles. The molecule has 112 valence electrons. The average Bonchev–Trinajstić information content (AvgIpc) is 2.95. The van der Waals surface area contributed by atoms with Gasteiger partial charge in [-0.05, 0) is 50.8 Å². The van der Waals surface area contributed by atoms with E-state index in [2.05, 4.69) is 10.3 Å². The number of nitrogens with one attached hydrogen (secondary N) is 2. The molecule has 0 unspecified atom stereocenters. The minimum atomic E-state index is -0.178. The van der Waals surface area contributed by atoms with Crippen molar-refractivity contribution in [1.82, 2.24) is 9.88 Å². The Morgan fingerprint density at radius 2 is 2.14 bits per heavy atom. The van der Waals surface area contributed by atoms with Gasteiger partial charge in [0.25, 0.3) is 5.91 Å². The number of aryl methyl sites for hydroxylation is 1. The van der Waals surface area contributed by atoms with E-state index in [9.17, 15) is 4.79 Å². The Bertz CT molecular complexity index is 592. The van der Waals surface area contributed by atoms with Crippen LogP contribution >= 0.6 is 0 Å².